The van der Waals surface area contributed by atoms with E-state index in [1.54, 1.807) is 0 Å². The van der Waals surface area contributed by atoms with E-state index < -0.39 is 0 Å². The third-order valence-corrected chi connectivity index (χ3v) is 3.08. The van der Waals surface area contributed by atoms with Crippen LogP contribution in [0.25, 0.3) is 0 Å². The van der Waals surface area contributed by atoms with E-state index in [-0.39, 0.29) is 0 Å². The Hall–Kier alpha value is -1.35. The molecule has 17 heavy (non-hydrogen) atoms. The lowest BCUT2D eigenvalue weighted by molar-refractivity contribution is -0.854. The van der Waals surface area contributed by atoms with Crippen LogP contribution in [0.5, 0.6) is 0 Å². The number of benzene rings is 1. The van der Waals surface area contributed by atoms with Crippen LogP contribution in [0.2, 0.25) is 0 Å². The van der Waals surface area contributed by atoms with E-state index in [0.717, 1.165) is 25.9 Å². The van der Waals surface area contributed by atoms with Gasteiger partial charge in [-0.2, -0.15) is 7.05 Å². The molecule has 1 fully saturated rings. The fourth-order valence-corrected chi connectivity index (χ4v) is 1.87. The van der Waals surface area contributed by atoms with Gasteiger partial charge in [0.2, 0.25) is 0 Å². The number of oxime groups is 1. The van der Waals surface area contributed by atoms with E-state index in [1.807, 2.05) is 0 Å². The van der Waals surface area contributed by atoms with Crippen molar-refractivity contribution in [3.05, 3.63) is 42.4 Å². The topological polar surface area (TPSA) is 26.0 Å². The van der Waals surface area contributed by atoms with Gasteiger partial charge in [-0.25, -0.2) is 0 Å². The number of nitrogens with one attached hydrogen (secondary N) is 1. The molecule has 0 spiro atoms. The molecule has 1 N–H and O–H groups in total. The van der Waals surface area contributed by atoms with Gasteiger partial charge in [0.25, 0.3) is 0 Å². The summed E-state index contributed by atoms with van der Waals surface area (Å²) in [6.07, 6.45) is 2.01. The molecule has 0 bridgehead atoms. The lowest BCUT2D eigenvalue weighted by Crippen LogP contribution is -3.08. The van der Waals surface area contributed by atoms with Crippen LogP contribution in [-0.2, 0) is 11.4 Å². The molecule has 1 aromatic carbocycles. The standard InChI is InChI=1S/C14H20N2O/c1-12-3-5-13(6-4-12)11-17-15-14-7-9-16(2)10-8-14/h3-6,16H,2,7-11H2,1H3. The van der Waals surface area contributed by atoms with Gasteiger partial charge in [-0.1, -0.05) is 35.0 Å². The Morgan fingerprint density at radius 1 is 1.24 bits per heavy atom. The molecule has 0 aromatic heterocycles. The van der Waals surface area contributed by atoms with Crippen molar-refractivity contribution in [2.24, 2.45) is 5.16 Å². The lowest BCUT2D eigenvalue weighted by Gasteiger charge is -2.25. The van der Waals surface area contributed by atoms with Crippen molar-refractivity contribution in [3.8, 4) is 0 Å². The summed E-state index contributed by atoms with van der Waals surface area (Å²) in [5.74, 6) is 0. The second-order valence-electron chi connectivity index (χ2n) is 4.67. The summed E-state index contributed by atoms with van der Waals surface area (Å²) in [5, 5.41) is 4.21. The van der Waals surface area contributed by atoms with E-state index in [0.29, 0.717) is 6.61 Å². The van der Waals surface area contributed by atoms with Crippen molar-refractivity contribution in [1.29, 1.82) is 0 Å². The number of hydrogen-bond acceptors (Lipinski definition) is 2. The van der Waals surface area contributed by atoms with E-state index in [4.69, 9.17) is 4.84 Å². The Kier molecular flexibility index (Phi) is 4.15. The summed E-state index contributed by atoms with van der Waals surface area (Å²) < 4.78 is 0. The molecule has 1 aliphatic rings. The first-order valence-electron chi connectivity index (χ1n) is 6.14. The zero-order chi connectivity index (χ0) is 12.1. The molecule has 0 atom stereocenters. The maximum atomic E-state index is 5.39. The van der Waals surface area contributed by atoms with Crippen LogP contribution in [0.15, 0.2) is 29.4 Å². The molecule has 1 aliphatic heterocycles. The predicted molar refractivity (Wildman–Crippen MR) is 68.7 cm³/mol. The molecule has 2 rings (SSSR count). The second kappa shape index (κ2) is 5.82. The highest BCUT2D eigenvalue weighted by Gasteiger charge is 2.11. The summed E-state index contributed by atoms with van der Waals surface area (Å²) in [7, 11) is 3.99. The van der Waals surface area contributed by atoms with E-state index in [2.05, 4.69) is 43.4 Å². The molecule has 0 radical (unpaired) electrons. The summed E-state index contributed by atoms with van der Waals surface area (Å²) in [4.78, 5) is 6.73. The quantitative estimate of drug-likeness (QED) is 0.617. The summed E-state index contributed by atoms with van der Waals surface area (Å²) >= 11 is 0. The van der Waals surface area contributed by atoms with Gasteiger partial charge in [0.15, 0.2) is 0 Å². The fourth-order valence-electron chi connectivity index (χ4n) is 1.87. The van der Waals surface area contributed by atoms with Gasteiger partial charge < -0.3 is 9.74 Å². The van der Waals surface area contributed by atoms with Gasteiger partial charge in [0.1, 0.15) is 6.61 Å². The van der Waals surface area contributed by atoms with E-state index in [1.165, 1.54) is 21.7 Å². The minimum Gasteiger partial charge on any atom is -0.467 e. The Labute approximate surface area is 103 Å². The number of piperidine rings is 1. The SMILES string of the molecule is [CH2-][NH+]1CCC(=NOCc2ccc(C)cc2)CC1. The maximum Gasteiger partial charge on any atom is 0.142 e. The Balaban J connectivity index is 1.79. The highest BCUT2D eigenvalue weighted by Crippen LogP contribution is 2.05. The van der Waals surface area contributed by atoms with Crippen LogP contribution in [0.3, 0.4) is 0 Å². The van der Waals surface area contributed by atoms with Gasteiger partial charge in [0, 0.05) is 12.8 Å². The average molecular weight is 232 g/mol. The molecule has 3 nitrogen and oxygen atoms in total. The molecule has 0 aliphatic carbocycles. The van der Waals surface area contributed by atoms with Crippen LogP contribution in [-0.4, -0.2) is 18.8 Å². The van der Waals surface area contributed by atoms with Crippen LogP contribution >= 0.6 is 0 Å². The Bertz CT molecular complexity index is 374. The van der Waals surface area contributed by atoms with Gasteiger partial charge >= 0.3 is 0 Å². The Morgan fingerprint density at radius 2 is 1.88 bits per heavy atom. The molecule has 0 saturated carbocycles. The highest BCUT2D eigenvalue weighted by atomic mass is 16.6. The van der Waals surface area contributed by atoms with E-state index in [9.17, 15) is 0 Å². The van der Waals surface area contributed by atoms with Crippen LogP contribution < -0.4 is 4.90 Å². The number of nitrogens with zero attached hydrogens (tertiary/aromatic N) is 1. The first-order chi connectivity index (χ1) is 8.24. The van der Waals surface area contributed by atoms with Crippen molar-refractivity contribution in [2.75, 3.05) is 13.1 Å². The summed E-state index contributed by atoms with van der Waals surface area (Å²) in [6, 6.07) is 8.35. The number of quaternary nitrogens is 1. The number of likely N-dealkylation sites (tertiary alicyclic amines) is 1. The zero-order valence-electron chi connectivity index (χ0n) is 10.4. The number of aryl methyl sites for hydroxylation is 1. The van der Waals surface area contributed by atoms with Crippen molar-refractivity contribution in [3.63, 3.8) is 0 Å². The number of rotatable bonds is 3. The van der Waals surface area contributed by atoms with Crippen LogP contribution in [0.1, 0.15) is 24.0 Å². The van der Waals surface area contributed by atoms with Gasteiger partial charge in [-0.3, -0.25) is 0 Å². The molecule has 3 heteroatoms. The molecule has 0 unspecified atom stereocenters. The predicted octanol–water partition coefficient (Wildman–Crippen LogP) is 1.34. The Morgan fingerprint density at radius 3 is 2.53 bits per heavy atom. The zero-order valence-corrected chi connectivity index (χ0v) is 10.4. The minimum atomic E-state index is 0.560. The third kappa shape index (κ3) is 3.86. The third-order valence-electron chi connectivity index (χ3n) is 3.08. The van der Waals surface area contributed by atoms with Crippen molar-refractivity contribution < 1.29 is 9.74 Å². The van der Waals surface area contributed by atoms with Crippen molar-refractivity contribution in [2.45, 2.75) is 26.4 Å². The normalized spacial score (nSPS) is 20.1. The molecular formula is C14H20N2O. The van der Waals surface area contributed by atoms with Crippen LogP contribution in [0.4, 0.5) is 0 Å². The molecular weight excluding hydrogens is 212 g/mol. The maximum absolute atomic E-state index is 5.39. The summed E-state index contributed by atoms with van der Waals surface area (Å²) in [6.45, 7) is 4.77. The fraction of sp³-hybridized carbons (Fsp3) is 0.429. The van der Waals surface area contributed by atoms with E-state index >= 15 is 0 Å². The molecule has 92 valence electrons. The minimum absolute atomic E-state index is 0.560. The molecule has 1 saturated heterocycles. The highest BCUT2D eigenvalue weighted by molar-refractivity contribution is 5.84. The van der Waals surface area contributed by atoms with Gasteiger partial charge in [-0.15, -0.1) is 0 Å². The molecule has 1 heterocycles. The van der Waals surface area contributed by atoms with Gasteiger partial charge in [-0.05, 0) is 12.5 Å². The number of hydrogen-bond donors (Lipinski definition) is 1. The monoisotopic (exact) mass is 232 g/mol. The first-order valence-corrected chi connectivity index (χ1v) is 6.14. The largest absolute Gasteiger partial charge is 0.467 e. The smallest absolute Gasteiger partial charge is 0.142 e. The summed E-state index contributed by atoms with van der Waals surface area (Å²) in [5.41, 5.74) is 3.61. The van der Waals surface area contributed by atoms with Crippen molar-refractivity contribution >= 4 is 5.71 Å². The van der Waals surface area contributed by atoms with Crippen LogP contribution in [0, 0.1) is 14.0 Å². The van der Waals surface area contributed by atoms with Crippen molar-refractivity contribution in [1.82, 2.24) is 0 Å². The van der Waals surface area contributed by atoms with Gasteiger partial charge in [0.05, 0.1) is 18.8 Å². The molecule has 1 aromatic rings. The average Bonchev–Trinajstić information content (AvgIpc) is 2.34. The lowest BCUT2D eigenvalue weighted by atomic mass is 10.1. The second-order valence-corrected chi connectivity index (χ2v) is 4.67. The first kappa shape index (κ1) is 12.1. The molecule has 0 amide bonds.